The molecule has 1 fully saturated rings. The minimum Gasteiger partial charge on any atom is -0.386 e. The molecule has 0 aromatic carbocycles. The number of aromatic nitrogens is 1. The lowest BCUT2D eigenvalue weighted by Gasteiger charge is -2.30. The van der Waals surface area contributed by atoms with Crippen molar-refractivity contribution in [1.82, 2.24) is 4.57 Å². The Morgan fingerprint density at radius 3 is 2.10 bits per heavy atom. The second-order valence-electron chi connectivity index (χ2n) is 7.55. The zero-order valence-corrected chi connectivity index (χ0v) is 13.4. The van der Waals surface area contributed by atoms with Gasteiger partial charge in [0.1, 0.15) is 0 Å². The van der Waals surface area contributed by atoms with Crippen LogP contribution in [0.15, 0.2) is 16.9 Å². The molecule has 1 saturated carbocycles. The van der Waals surface area contributed by atoms with Crippen molar-refractivity contribution in [3.63, 3.8) is 0 Å². The molecule has 1 aliphatic rings. The van der Waals surface area contributed by atoms with E-state index >= 15 is 0 Å². The van der Waals surface area contributed by atoms with Gasteiger partial charge in [-0.3, -0.25) is 4.79 Å². The third kappa shape index (κ3) is 2.83. The number of hydrogen-bond acceptors (Lipinski definition) is 2. The van der Waals surface area contributed by atoms with Crippen molar-refractivity contribution in [2.45, 2.75) is 77.4 Å². The first-order valence-corrected chi connectivity index (χ1v) is 7.61. The Morgan fingerprint density at radius 2 is 1.65 bits per heavy atom. The molecule has 1 aromatic heterocycles. The van der Waals surface area contributed by atoms with Gasteiger partial charge in [0.15, 0.2) is 0 Å². The first-order valence-electron chi connectivity index (χ1n) is 7.61. The Balaban J connectivity index is 2.67. The van der Waals surface area contributed by atoms with Gasteiger partial charge < -0.3 is 9.67 Å². The SMILES string of the molecule is CC(C)(C)c1ccc(C(C)(C)O)c(=O)n1C1CCCC1. The van der Waals surface area contributed by atoms with E-state index in [1.165, 1.54) is 12.8 Å². The van der Waals surface area contributed by atoms with Crippen molar-refractivity contribution < 1.29 is 5.11 Å². The van der Waals surface area contributed by atoms with Gasteiger partial charge in [0.2, 0.25) is 0 Å². The summed E-state index contributed by atoms with van der Waals surface area (Å²) in [6, 6.07) is 4.11. The molecule has 112 valence electrons. The third-order valence-corrected chi connectivity index (χ3v) is 4.23. The highest BCUT2D eigenvalue weighted by Crippen LogP contribution is 2.33. The lowest BCUT2D eigenvalue weighted by Crippen LogP contribution is -2.37. The monoisotopic (exact) mass is 277 g/mol. The maximum atomic E-state index is 12.9. The van der Waals surface area contributed by atoms with Crippen LogP contribution in [0.3, 0.4) is 0 Å². The molecule has 0 atom stereocenters. The second-order valence-corrected chi connectivity index (χ2v) is 7.55. The van der Waals surface area contributed by atoms with Crippen molar-refractivity contribution in [1.29, 1.82) is 0 Å². The summed E-state index contributed by atoms with van der Waals surface area (Å²) in [7, 11) is 0. The highest BCUT2D eigenvalue weighted by atomic mass is 16.3. The smallest absolute Gasteiger partial charge is 0.257 e. The minimum absolute atomic E-state index is 0.0168. The molecule has 3 heteroatoms. The van der Waals surface area contributed by atoms with Gasteiger partial charge in [0.05, 0.1) is 5.60 Å². The summed E-state index contributed by atoms with van der Waals surface area (Å²) in [5.74, 6) is 0. The van der Waals surface area contributed by atoms with Crippen molar-refractivity contribution in [3.05, 3.63) is 33.7 Å². The van der Waals surface area contributed by atoms with Crippen LogP contribution in [0.4, 0.5) is 0 Å². The lowest BCUT2D eigenvalue weighted by molar-refractivity contribution is 0.0761. The quantitative estimate of drug-likeness (QED) is 0.899. The van der Waals surface area contributed by atoms with Crippen LogP contribution in [0.1, 0.15) is 77.6 Å². The topological polar surface area (TPSA) is 42.2 Å². The molecule has 2 rings (SSSR count). The molecule has 1 aliphatic carbocycles. The molecule has 0 radical (unpaired) electrons. The fraction of sp³-hybridized carbons (Fsp3) is 0.706. The summed E-state index contributed by atoms with van der Waals surface area (Å²) in [6.07, 6.45) is 4.51. The highest BCUT2D eigenvalue weighted by Gasteiger charge is 2.29. The normalized spacial score (nSPS) is 17.7. The Hall–Kier alpha value is -1.09. The van der Waals surface area contributed by atoms with Gasteiger partial charge in [-0.1, -0.05) is 33.6 Å². The Kier molecular flexibility index (Phi) is 3.85. The largest absolute Gasteiger partial charge is 0.386 e. The number of aliphatic hydroxyl groups is 1. The molecule has 0 spiro atoms. The predicted octanol–water partition coefficient (Wildman–Crippen LogP) is 3.49. The molecule has 0 amide bonds. The van der Waals surface area contributed by atoms with Crippen LogP contribution < -0.4 is 5.56 Å². The van der Waals surface area contributed by atoms with Gasteiger partial charge in [-0.25, -0.2) is 0 Å². The van der Waals surface area contributed by atoms with Crippen LogP contribution in [0.2, 0.25) is 0 Å². The van der Waals surface area contributed by atoms with E-state index in [4.69, 9.17) is 0 Å². The first-order chi connectivity index (χ1) is 9.12. The number of rotatable bonds is 2. The van der Waals surface area contributed by atoms with Gasteiger partial charge in [0, 0.05) is 22.7 Å². The molecule has 0 saturated heterocycles. The Bertz CT molecular complexity index is 538. The molecule has 0 unspecified atom stereocenters. The van der Waals surface area contributed by atoms with E-state index in [2.05, 4.69) is 20.8 Å². The summed E-state index contributed by atoms with van der Waals surface area (Å²) >= 11 is 0. The van der Waals surface area contributed by atoms with Gasteiger partial charge >= 0.3 is 0 Å². The Morgan fingerprint density at radius 1 is 1.10 bits per heavy atom. The van der Waals surface area contributed by atoms with E-state index in [1.54, 1.807) is 19.9 Å². The average molecular weight is 277 g/mol. The summed E-state index contributed by atoms with van der Waals surface area (Å²) in [6.45, 7) is 9.77. The zero-order valence-electron chi connectivity index (χ0n) is 13.4. The molecular formula is C17H27NO2. The van der Waals surface area contributed by atoms with E-state index in [9.17, 15) is 9.90 Å². The number of pyridine rings is 1. The Labute approximate surface area is 121 Å². The molecule has 1 N–H and O–H groups in total. The summed E-state index contributed by atoms with van der Waals surface area (Å²) in [5.41, 5.74) is 0.393. The second kappa shape index (κ2) is 5.03. The van der Waals surface area contributed by atoms with Crippen LogP contribution in [-0.2, 0) is 11.0 Å². The molecule has 3 nitrogen and oxygen atoms in total. The third-order valence-electron chi connectivity index (χ3n) is 4.23. The van der Waals surface area contributed by atoms with Crippen molar-refractivity contribution >= 4 is 0 Å². The maximum Gasteiger partial charge on any atom is 0.257 e. The predicted molar refractivity (Wildman–Crippen MR) is 82.2 cm³/mol. The van der Waals surface area contributed by atoms with E-state index in [0.29, 0.717) is 11.6 Å². The van der Waals surface area contributed by atoms with Gasteiger partial charge in [-0.05, 0) is 38.8 Å². The van der Waals surface area contributed by atoms with Crippen LogP contribution in [0.25, 0.3) is 0 Å². The summed E-state index contributed by atoms with van der Waals surface area (Å²) in [5, 5.41) is 10.2. The minimum atomic E-state index is -1.09. The number of nitrogens with zero attached hydrogens (tertiary/aromatic N) is 1. The van der Waals surface area contributed by atoms with Crippen LogP contribution in [0.5, 0.6) is 0 Å². The van der Waals surface area contributed by atoms with Crippen molar-refractivity contribution in [2.75, 3.05) is 0 Å². The van der Waals surface area contributed by atoms with Gasteiger partial charge in [-0.15, -0.1) is 0 Å². The van der Waals surface area contributed by atoms with E-state index < -0.39 is 5.60 Å². The highest BCUT2D eigenvalue weighted by molar-refractivity contribution is 5.25. The molecule has 20 heavy (non-hydrogen) atoms. The first kappa shape index (κ1) is 15.3. The van der Waals surface area contributed by atoms with Crippen LogP contribution in [-0.4, -0.2) is 9.67 Å². The summed E-state index contributed by atoms with van der Waals surface area (Å²) in [4.78, 5) is 12.9. The number of hydrogen-bond donors (Lipinski definition) is 1. The molecule has 0 bridgehead atoms. The lowest BCUT2D eigenvalue weighted by atomic mass is 9.88. The van der Waals surface area contributed by atoms with E-state index in [-0.39, 0.29) is 11.0 Å². The fourth-order valence-electron chi connectivity index (χ4n) is 3.15. The van der Waals surface area contributed by atoms with E-state index in [0.717, 1.165) is 18.5 Å². The van der Waals surface area contributed by atoms with Crippen LogP contribution in [0, 0.1) is 0 Å². The van der Waals surface area contributed by atoms with E-state index in [1.807, 2.05) is 10.6 Å². The van der Waals surface area contributed by atoms with Crippen LogP contribution >= 0.6 is 0 Å². The van der Waals surface area contributed by atoms with Crippen molar-refractivity contribution in [2.24, 2.45) is 0 Å². The summed E-state index contributed by atoms with van der Waals surface area (Å²) < 4.78 is 1.96. The van der Waals surface area contributed by atoms with Crippen molar-refractivity contribution in [3.8, 4) is 0 Å². The molecule has 1 heterocycles. The molecule has 1 aromatic rings. The standard InChI is InChI=1S/C17H27NO2/c1-16(2,3)14-11-10-13(17(4,5)20)15(19)18(14)12-8-6-7-9-12/h10-12,20H,6-9H2,1-5H3. The van der Waals surface area contributed by atoms with Gasteiger partial charge in [0.25, 0.3) is 5.56 Å². The molecular weight excluding hydrogens is 250 g/mol. The zero-order chi connectivity index (χ0) is 15.1. The fourth-order valence-corrected chi connectivity index (χ4v) is 3.15. The molecule has 0 aliphatic heterocycles. The average Bonchev–Trinajstić information content (AvgIpc) is 2.78. The van der Waals surface area contributed by atoms with Gasteiger partial charge in [-0.2, -0.15) is 0 Å². The maximum absolute atomic E-state index is 12.9.